The molecule has 1 aliphatic rings. The Bertz CT molecular complexity index is 1130. The minimum absolute atomic E-state index is 0.164. The van der Waals surface area contributed by atoms with E-state index in [2.05, 4.69) is 33.2 Å². The zero-order valence-electron chi connectivity index (χ0n) is 17.4. The van der Waals surface area contributed by atoms with E-state index in [9.17, 15) is 4.79 Å². The fraction of sp³-hybridized carbons (Fsp3) is 0.160. The molecule has 0 atom stereocenters. The quantitative estimate of drug-likeness (QED) is 0.292. The molecule has 1 aliphatic heterocycles. The van der Waals surface area contributed by atoms with E-state index in [4.69, 9.17) is 9.47 Å². The molecule has 3 aromatic carbocycles. The summed E-state index contributed by atoms with van der Waals surface area (Å²) in [7, 11) is 0. The zero-order valence-corrected chi connectivity index (χ0v) is 19.5. The largest absolute Gasteiger partial charge is 0.490 e. The first-order valence-electron chi connectivity index (χ1n) is 10.2. The molecular weight excluding hydrogens is 503 g/mol. The number of anilines is 2. The molecule has 0 unspecified atom stereocenters. The first-order valence-corrected chi connectivity index (χ1v) is 11.3. The zero-order chi connectivity index (χ0) is 21.8. The van der Waals surface area contributed by atoms with Crippen molar-refractivity contribution in [3.8, 4) is 11.5 Å². The monoisotopic (exact) mass is 526 g/mol. The minimum Gasteiger partial charge on any atom is -0.490 e. The molecule has 158 valence electrons. The average Bonchev–Trinajstić information content (AvgIpc) is 3.09. The molecule has 0 fully saturated rings. The number of hydrogen-bond donors (Lipinski definition) is 2. The van der Waals surface area contributed by atoms with Crippen LogP contribution in [0.15, 0.2) is 66.7 Å². The summed E-state index contributed by atoms with van der Waals surface area (Å²) < 4.78 is 12.7. The van der Waals surface area contributed by atoms with E-state index in [0.29, 0.717) is 36.0 Å². The van der Waals surface area contributed by atoms with Crippen LogP contribution < -0.4 is 20.1 Å². The van der Waals surface area contributed by atoms with Gasteiger partial charge < -0.3 is 20.1 Å². The van der Waals surface area contributed by atoms with Crippen molar-refractivity contribution in [2.75, 3.05) is 23.8 Å². The van der Waals surface area contributed by atoms with Gasteiger partial charge in [-0.2, -0.15) is 0 Å². The second kappa shape index (κ2) is 9.43. The SMILES string of the molecule is CCOc1cc2c(cc1OCC)/C(=C(/Nc1ccc(I)cc1)c1ccccc1)C(=O)N2. The van der Waals surface area contributed by atoms with Gasteiger partial charge in [-0.15, -0.1) is 0 Å². The second-order valence-corrected chi connectivity index (χ2v) is 8.16. The topological polar surface area (TPSA) is 59.6 Å². The average molecular weight is 526 g/mol. The van der Waals surface area contributed by atoms with Crippen LogP contribution in [0.1, 0.15) is 25.0 Å². The fourth-order valence-corrected chi connectivity index (χ4v) is 3.88. The number of benzene rings is 3. The third kappa shape index (κ3) is 4.54. The molecule has 4 rings (SSSR count). The van der Waals surface area contributed by atoms with E-state index in [1.807, 2.05) is 80.6 Å². The van der Waals surface area contributed by atoms with E-state index < -0.39 is 0 Å². The van der Waals surface area contributed by atoms with E-state index in [1.54, 1.807) is 0 Å². The Hall–Kier alpha value is -3.00. The van der Waals surface area contributed by atoms with Gasteiger partial charge in [-0.05, 0) is 72.3 Å². The van der Waals surface area contributed by atoms with Crippen molar-refractivity contribution < 1.29 is 14.3 Å². The number of fused-ring (bicyclic) bond motifs is 1. The number of carbonyl (C=O) groups excluding carboxylic acids is 1. The maximum Gasteiger partial charge on any atom is 0.258 e. The lowest BCUT2D eigenvalue weighted by Crippen LogP contribution is -2.10. The van der Waals surface area contributed by atoms with Gasteiger partial charge in [0.15, 0.2) is 11.5 Å². The fourth-order valence-electron chi connectivity index (χ4n) is 3.52. The van der Waals surface area contributed by atoms with Crippen LogP contribution in [0.2, 0.25) is 0 Å². The first-order chi connectivity index (χ1) is 15.1. The van der Waals surface area contributed by atoms with Crippen LogP contribution in [-0.4, -0.2) is 19.1 Å². The smallest absolute Gasteiger partial charge is 0.258 e. The summed E-state index contributed by atoms with van der Waals surface area (Å²) in [4.78, 5) is 13.1. The summed E-state index contributed by atoms with van der Waals surface area (Å²) in [5.41, 5.74) is 4.64. The number of amides is 1. The Morgan fingerprint density at radius 2 is 1.58 bits per heavy atom. The molecule has 5 nitrogen and oxygen atoms in total. The lowest BCUT2D eigenvalue weighted by atomic mass is 9.99. The maximum atomic E-state index is 13.1. The van der Waals surface area contributed by atoms with Crippen molar-refractivity contribution in [3.63, 3.8) is 0 Å². The summed E-state index contributed by atoms with van der Waals surface area (Å²) in [5.74, 6) is 1.08. The number of nitrogens with one attached hydrogen (secondary N) is 2. The number of hydrogen-bond acceptors (Lipinski definition) is 4. The molecule has 0 radical (unpaired) electrons. The first kappa shape index (κ1) is 21.2. The lowest BCUT2D eigenvalue weighted by Gasteiger charge is -2.16. The van der Waals surface area contributed by atoms with Crippen molar-refractivity contribution in [3.05, 3.63) is 81.4 Å². The standard InChI is InChI=1S/C25H23IN2O3/c1-3-30-21-14-19-20(15-22(21)31-4-2)28-25(29)23(19)24(16-8-6-5-7-9-16)27-18-12-10-17(26)11-13-18/h5-15,27H,3-4H2,1-2H3,(H,28,29)/b24-23-. The Morgan fingerprint density at radius 1 is 0.935 bits per heavy atom. The van der Waals surface area contributed by atoms with Crippen molar-refractivity contribution in [2.24, 2.45) is 0 Å². The van der Waals surface area contributed by atoms with E-state index in [-0.39, 0.29) is 5.91 Å². The van der Waals surface area contributed by atoms with Crippen molar-refractivity contribution >= 4 is 51.1 Å². The third-order valence-electron chi connectivity index (χ3n) is 4.85. The third-order valence-corrected chi connectivity index (χ3v) is 5.57. The van der Waals surface area contributed by atoms with E-state index >= 15 is 0 Å². The van der Waals surface area contributed by atoms with Gasteiger partial charge in [0.2, 0.25) is 0 Å². The minimum atomic E-state index is -0.164. The number of carbonyl (C=O) groups is 1. The van der Waals surface area contributed by atoms with Crippen molar-refractivity contribution in [2.45, 2.75) is 13.8 Å². The predicted octanol–water partition coefficient (Wildman–Crippen LogP) is 6.02. The summed E-state index contributed by atoms with van der Waals surface area (Å²) in [6, 6.07) is 21.6. The van der Waals surface area contributed by atoms with Crippen LogP contribution in [0.5, 0.6) is 11.5 Å². The molecule has 0 aliphatic carbocycles. The van der Waals surface area contributed by atoms with Gasteiger partial charge in [0.05, 0.1) is 30.2 Å². The summed E-state index contributed by atoms with van der Waals surface area (Å²) in [5, 5.41) is 6.46. The van der Waals surface area contributed by atoms with Gasteiger partial charge in [0.1, 0.15) is 0 Å². The summed E-state index contributed by atoms with van der Waals surface area (Å²) in [6.07, 6.45) is 0. The highest BCUT2D eigenvalue weighted by Gasteiger charge is 2.30. The van der Waals surface area contributed by atoms with Gasteiger partial charge in [-0.3, -0.25) is 4.79 Å². The van der Waals surface area contributed by atoms with Crippen LogP contribution in [-0.2, 0) is 4.79 Å². The highest BCUT2D eigenvalue weighted by Crippen LogP contribution is 2.43. The van der Waals surface area contributed by atoms with Gasteiger partial charge in [0, 0.05) is 20.9 Å². The normalized spacial score (nSPS) is 14.0. The highest BCUT2D eigenvalue weighted by atomic mass is 127. The summed E-state index contributed by atoms with van der Waals surface area (Å²) in [6.45, 7) is 4.87. The van der Waals surface area contributed by atoms with E-state index in [1.165, 1.54) is 0 Å². The molecular formula is C25H23IN2O3. The molecule has 0 saturated heterocycles. The second-order valence-electron chi connectivity index (χ2n) is 6.91. The van der Waals surface area contributed by atoms with Crippen LogP contribution in [0, 0.1) is 3.57 Å². The molecule has 31 heavy (non-hydrogen) atoms. The number of rotatable bonds is 7. The maximum absolute atomic E-state index is 13.1. The van der Waals surface area contributed by atoms with Crippen LogP contribution in [0.4, 0.5) is 11.4 Å². The number of ether oxygens (including phenoxy) is 2. The predicted molar refractivity (Wildman–Crippen MR) is 133 cm³/mol. The molecule has 2 N–H and O–H groups in total. The molecule has 3 aromatic rings. The Balaban J connectivity index is 1.89. The van der Waals surface area contributed by atoms with Gasteiger partial charge >= 0.3 is 0 Å². The van der Waals surface area contributed by atoms with E-state index in [0.717, 1.165) is 26.1 Å². The molecule has 0 spiro atoms. The van der Waals surface area contributed by atoms with Crippen LogP contribution >= 0.6 is 22.6 Å². The van der Waals surface area contributed by atoms with Crippen LogP contribution in [0.3, 0.4) is 0 Å². The Kier molecular flexibility index (Phi) is 6.46. The highest BCUT2D eigenvalue weighted by molar-refractivity contribution is 14.1. The summed E-state index contributed by atoms with van der Waals surface area (Å²) >= 11 is 2.27. The molecule has 1 heterocycles. The molecule has 6 heteroatoms. The number of halogens is 1. The van der Waals surface area contributed by atoms with Gasteiger partial charge in [-0.1, -0.05) is 30.3 Å². The lowest BCUT2D eigenvalue weighted by molar-refractivity contribution is -0.110. The van der Waals surface area contributed by atoms with Crippen molar-refractivity contribution in [1.29, 1.82) is 0 Å². The van der Waals surface area contributed by atoms with Gasteiger partial charge in [-0.25, -0.2) is 0 Å². The molecule has 0 bridgehead atoms. The Morgan fingerprint density at radius 3 is 2.23 bits per heavy atom. The molecule has 1 amide bonds. The van der Waals surface area contributed by atoms with Crippen molar-refractivity contribution in [1.82, 2.24) is 0 Å². The van der Waals surface area contributed by atoms with Crippen LogP contribution in [0.25, 0.3) is 11.3 Å². The Labute approximate surface area is 195 Å². The molecule has 0 saturated carbocycles. The van der Waals surface area contributed by atoms with Gasteiger partial charge in [0.25, 0.3) is 5.91 Å². The molecule has 0 aromatic heterocycles.